The fraction of sp³-hybridized carbons (Fsp3) is 0.333. The number of piperidine rings is 1. The van der Waals surface area contributed by atoms with Crippen LogP contribution in [0.2, 0.25) is 0 Å². The van der Waals surface area contributed by atoms with Crippen molar-refractivity contribution in [2.45, 2.75) is 39.4 Å². The number of aromatic nitrogens is 3. The van der Waals surface area contributed by atoms with E-state index in [1.54, 1.807) is 0 Å². The van der Waals surface area contributed by atoms with Crippen LogP contribution in [0.4, 0.5) is 36.4 Å². The van der Waals surface area contributed by atoms with E-state index in [9.17, 15) is 18.0 Å². The summed E-state index contributed by atoms with van der Waals surface area (Å²) in [4.78, 5) is 26.4. The third kappa shape index (κ3) is 5.86. The van der Waals surface area contributed by atoms with Gasteiger partial charge < -0.3 is 20.3 Å². The first-order chi connectivity index (χ1) is 16.8. The van der Waals surface area contributed by atoms with Crippen molar-refractivity contribution in [1.82, 2.24) is 15.0 Å². The Kier molecular flexibility index (Phi) is 7.45. The number of halogens is 3. The maximum Gasteiger partial charge on any atom is 0.232 e. The van der Waals surface area contributed by atoms with Crippen LogP contribution in [0, 0.1) is 24.4 Å². The second-order valence-electron chi connectivity index (χ2n) is 8.23. The number of carbonyl (C=O) groups excluding carboxylic acids is 1. The van der Waals surface area contributed by atoms with Crippen molar-refractivity contribution in [3.05, 3.63) is 65.2 Å². The van der Waals surface area contributed by atoms with Crippen LogP contribution in [0.5, 0.6) is 0 Å². The molecule has 184 valence electrons. The highest BCUT2D eigenvalue weighted by molar-refractivity contribution is 5.90. The van der Waals surface area contributed by atoms with Gasteiger partial charge in [0.15, 0.2) is 17.5 Å². The molecule has 0 spiro atoms. The fourth-order valence-electron chi connectivity index (χ4n) is 3.82. The van der Waals surface area contributed by atoms with Gasteiger partial charge in [-0.05, 0) is 43.5 Å². The van der Waals surface area contributed by atoms with E-state index < -0.39 is 17.5 Å². The molecule has 2 heterocycles. The molecule has 0 atom stereocenters. The first-order valence-electron chi connectivity index (χ1n) is 11.1. The molecule has 1 amide bonds. The van der Waals surface area contributed by atoms with Gasteiger partial charge >= 0.3 is 0 Å². The zero-order valence-corrected chi connectivity index (χ0v) is 19.3. The van der Waals surface area contributed by atoms with E-state index in [0.29, 0.717) is 43.5 Å². The zero-order chi connectivity index (χ0) is 24.9. The minimum Gasteiger partial charge on any atom is -0.373 e. The number of nitrogens with one attached hydrogen (secondary N) is 2. The van der Waals surface area contributed by atoms with Crippen LogP contribution in [-0.2, 0) is 16.1 Å². The molecule has 1 aromatic heterocycles. The van der Waals surface area contributed by atoms with E-state index in [1.807, 2.05) is 30.0 Å². The van der Waals surface area contributed by atoms with E-state index in [4.69, 9.17) is 4.74 Å². The lowest BCUT2D eigenvalue weighted by molar-refractivity contribution is -0.114. The molecule has 1 aliphatic rings. The third-order valence-electron chi connectivity index (χ3n) is 5.76. The van der Waals surface area contributed by atoms with Crippen molar-refractivity contribution in [2.24, 2.45) is 0 Å². The molecular formula is C24H25F3N6O2. The first-order valence-corrected chi connectivity index (χ1v) is 11.1. The van der Waals surface area contributed by atoms with Crippen molar-refractivity contribution < 1.29 is 22.7 Å². The van der Waals surface area contributed by atoms with Crippen molar-refractivity contribution in [2.75, 3.05) is 28.6 Å². The Hall–Kier alpha value is -3.73. The molecule has 35 heavy (non-hydrogen) atoms. The van der Waals surface area contributed by atoms with Crippen LogP contribution in [-0.4, -0.2) is 40.1 Å². The summed E-state index contributed by atoms with van der Waals surface area (Å²) in [6.07, 6.45) is 2.54. The van der Waals surface area contributed by atoms with E-state index in [0.717, 1.165) is 17.3 Å². The molecule has 11 heteroatoms. The predicted octanol–water partition coefficient (Wildman–Crippen LogP) is 4.48. The Bertz CT molecular complexity index is 1220. The normalized spacial score (nSPS) is 14.1. The Balaban J connectivity index is 1.35. The smallest absolute Gasteiger partial charge is 0.232 e. The minimum atomic E-state index is -1.49. The largest absolute Gasteiger partial charge is 0.373 e. The van der Waals surface area contributed by atoms with Crippen LogP contribution in [0.1, 0.15) is 30.9 Å². The molecule has 0 saturated carbocycles. The summed E-state index contributed by atoms with van der Waals surface area (Å²) in [6.45, 7) is 4.40. The predicted molar refractivity (Wildman–Crippen MR) is 125 cm³/mol. The van der Waals surface area contributed by atoms with E-state index in [2.05, 4.69) is 25.6 Å². The molecule has 2 N–H and O–H groups in total. The number of ether oxygens (including phenoxy) is 1. The average Bonchev–Trinajstić information content (AvgIpc) is 2.85. The van der Waals surface area contributed by atoms with E-state index in [1.165, 1.54) is 19.3 Å². The summed E-state index contributed by atoms with van der Waals surface area (Å²) in [7, 11) is 0. The Labute approximate surface area is 200 Å². The molecule has 0 radical (unpaired) electrons. The molecule has 8 nitrogen and oxygen atoms in total. The van der Waals surface area contributed by atoms with Gasteiger partial charge in [0.1, 0.15) is 6.33 Å². The van der Waals surface area contributed by atoms with E-state index in [-0.39, 0.29) is 24.2 Å². The molecule has 3 aromatic rings. The van der Waals surface area contributed by atoms with Crippen molar-refractivity contribution in [3.8, 4) is 0 Å². The van der Waals surface area contributed by atoms with Gasteiger partial charge in [0.05, 0.1) is 12.7 Å². The lowest BCUT2D eigenvalue weighted by atomic mass is 10.1. The molecule has 1 fully saturated rings. The highest BCUT2D eigenvalue weighted by atomic mass is 19.2. The summed E-state index contributed by atoms with van der Waals surface area (Å²) in [5, 5.41) is 5.96. The molecule has 2 aromatic carbocycles. The first kappa shape index (κ1) is 24.4. The zero-order valence-electron chi connectivity index (χ0n) is 19.3. The SMILES string of the molecule is CC(=O)Nc1cccc(Nc2ncnc(N3CCC(OCc4ccc(F)c(F)c4F)CC3)n2)c1C. The number of anilines is 4. The summed E-state index contributed by atoms with van der Waals surface area (Å²) < 4.78 is 46.1. The summed E-state index contributed by atoms with van der Waals surface area (Å²) in [5.41, 5.74) is 2.28. The van der Waals surface area contributed by atoms with Gasteiger partial charge in [-0.3, -0.25) is 4.79 Å². The maximum atomic E-state index is 13.8. The van der Waals surface area contributed by atoms with Crippen molar-refractivity contribution in [3.63, 3.8) is 0 Å². The van der Waals surface area contributed by atoms with Crippen LogP contribution in [0.3, 0.4) is 0 Å². The highest BCUT2D eigenvalue weighted by Crippen LogP contribution is 2.26. The average molecular weight is 486 g/mol. The summed E-state index contributed by atoms with van der Waals surface area (Å²) in [5.74, 6) is -3.22. The number of amides is 1. The Morgan fingerprint density at radius 1 is 1.09 bits per heavy atom. The van der Waals surface area contributed by atoms with Gasteiger partial charge in [-0.2, -0.15) is 4.98 Å². The number of benzene rings is 2. The topological polar surface area (TPSA) is 92.3 Å². The van der Waals surface area contributed by atoms with Gasteiger partial charge in [0.25, 0.3) is 0 Å². The van der Waals surface area contributed by atoms with Crippen LogP contribution < -0.4 is 15.5 Å². The van der Waals surface area contributed by atoms with Crippen LogP contribution in [0.15, 0.2) is 36.7 Å². The second-order valence-corrected chi connectivity index (χ2v) is 8.23. The molecule has 1 aliphatic heterocycles. The summed E-state index contributed by atoms with van der Waals surface area (Å²) >= 11 is 0. The van der Waals surface area contributed by atoms with Crippen LogP contribution >= 0.6 is 0 Å². The molecule has 1 saturated heterocycles. The Morgan fingerprint density at radius 2 is 1.83 bits per heavy atom. The standard InChI is InChI=1S/C24H25F3N6O2/c1-14-19(30-15(2)34)4-3-5-20(14)31-23-28-13-29-24(32-23)33-10-8-17(9-11-33)35-12-16-6-7-18(25)22(27)21(16)26/h3-7,13,17H,8-12H2,1-2H3,(H,30,34)(H,28,29,31,32). The van der Waals surface area contributed by atoms with Gasteiger partial charge in [-0.15, -0.1) is 0 Å². The fourth-order valence-corrected chi connectivity index (χ4v) is 3.82. The van der Waals surface area contributed by atoms with Crippen molar-refractivity contribution in [1.29, 1.82) is 0 Å². The lowest BCUT2D eigenvalue weighted by Crippen LogP contribution is -2.38. The lowest BCUT2D eigenvalue weighted by Gasteiger charge is -2.32. The van der Waals surface area contributed by atoms with Gasteiger partial charge in [-0.25, -0.2) is 23.1 Å². The Morgan fingerprint density at radius 3 is 2.57 bits per heavy atom. The number of nitrogens with zero attached hydrogens (tertiary/aromatic N) is 4. The monoisotopic (exact) mass is 486 g/mol. The molecule has 0 bridgehead atoms. The number of carbonyl (C=O) groups is 1. The minimum absolute atomic E-state index is 0.0163. The molecule has 0 unspecified atom stereocenters. The molecular weight excluding hydrogens is 461 g/mol. The number of hydrogen-bond acceptors (Lipinski definition) is 7. The van der Waals surface area contributed by atoms with Crippen LogP contribution in [0.25, 0.3) is 0 Å². The number of rotatable bonds is 7. The van der Waals surface area contributed by atoms with Gasteiger partial charge in [-0.1, -0.05) is 12.1 Å². The van der Waals surface area contributed by atoms with Gasteiger partial charge in [0, 0.05) is 37.0 Å². The molecule has 0 aliphatic carbocycles. The van der Waals surface area contributed by atoms with Gasteiger partial charge in [0.2, 0.25) is 17.8 Å². The second kappa shape index (κ2) is 10.7. The highest BCUT2D eigenvalue weighted by Gasteiger charge is 2.23. The molecule has 4 rings (SSSR count). The number of hydrogen-bond donors (Lipinski definition) is 2. The quantitative estimate of drug-likeness (QED) is 0.476. The maximum absolute atomic E-state index is 13.8. The van der Waals surface area contributed by atoms with E-state index >= 15 is 0 Å². The third-order valence-corrected chi connectivity index (χ3v) is 5.76. The van der Waals surface area contributed by atoms with Crippen molar-refractivity contribution >= 4 is 29.2 Å². The summed E-state index contributed by atoms with van der Waals surface area (Å²) in [6, 6.07) is 7.58.